The van der Waals surface area contributed by atoms with Crippen LogP contribution in [0.25, 0.3) is 11.6 Å². The largest absolute Gasteiger partial charge is 0.492 e. The third kappa shape index (κ3) is 5.58. The summed E-state index contributed by atoms with van der Waals surface area (Å²) in [5, 5.41) is 0. The normalized spacial score (nSPS) is 14.1. The summed E-state index contributed by atoms with van der Waals surface area (Å²) in [4.78, 5) is 2.30. The lowest BCUT2D eigenvalue weighted by atomic mass is 9.95. The fraction of sp³-hybridized carbons (Fsp3) is 0.231. The first-order chi connectivity index (χ1) is 15.9. The van der Waals surface area contributed by atoms with Crippen LogP contribution >= 0.6 is 0 Å². The van der Waals surface area contributed by atoms with E-state index in [0.717, 1.165) is 42.1 Å². The average molecular weight is 377 g/mol. The number of rotatable bonds is 9. The van der Waals surface area contributed by atoms with Crippen LogP contribution in [0.4, 0.5) is 0 Å². The van der Waals surface area contributed by atoms with E-state index >= 15 is 0 Å². The van der Waals surface area contributed by atoms with Crippen LogP contribution in [0.2, 0.25) is 0 Å². The van der Waals surface area contributed by atoms with Gasteiger partial charge in [-0.1, -0.05) is 86.5 Å². The van der Waals surface area contributed by atoms with Gasteiger partial charge in [0.25, 0.3) is 0 Å². The first-order valence-electron chi connectivity index (χ1n) is 12.2. The Morgan fingerprint density at radius 1 is 0.893 bits per heavy atom. The number of ether oxygens (including phenoxy) is 1. The fourth-order valence-electron chi connectivity index (χ4n) is 2.99. The van der Waals surface area contributed by atoms with Crippen molar-refractivity contribution in [2.24, 2.45) is 0 Å². The summed E-state index contributed by atoms with van der Waals surface area (Å²) in [6.45, 7) is 7.70. The molecule has 0 aliphatic rings. The maximum atomic E-state index is 8.29. The Hall–Kier alpha value is -2.84. The molecule has 3 rings (SSSR count). The van der Waals surface area contributed by atoms with E-state index in [0.29, 0.717) is 6.61 Å². The number of nitrogens with zero attached hydrogens (tertiary/aromatic N) is 1. The van der Waals surface area contributed by atoms with Crippen LogP contribution in [-0.2, 0) is 0 Å². The first kappa shape index (κ1) is 14.2. The highest BCUT2D eigenvalue weighted by Gasteiger charge is 2.06. The quantitative estimate of drug-likeness (QED) is 0.425. The van der Waals surface area contributed by atoms with E-state index < -0.39 is 6.04 Å². The Bertz CT molecular complexity index is 1080. The molecule has 3 aromatic carbocycles. The summed E-state index contributed by atoms with van der Waals surface area (Å²) in [7, 11) is 0. The number of hydrogen-bond donors (Lipinski definition) is 0. The molecule has 0 radical (unpaired) electrons. The lowest BCUT2D eigenvalue weighted by Crippen LogP contribution is -2.27. The van der Waals surface area contributed by atoms with Crippen molar-refractivity contribution in [3.05, 3.63) is 101 Å². The zero-order chi connectivity index (χ0) is 24.0. The fourth-order valence-corrected chi connectivity index (χ4v) is 2.99. The van der Waals surface area contributed by atoms with Crippen molar-refractivity contribution in [2.75, 3.05) is 26.2 Å². The Morgan fingerprint density at radius 3 is 2.18 bits per heavy atom. The van der Waals surface area contributed by atoms with E-state index in [9.17, 15) is 0 Å². The van der Waals surface area contributed by atoms with Gasteiger partial charge in [0.2, 0.25) is 0 Å². The highest BCUT2D eigenvalue weighted by Crippen LogP contribution is 2.27. The molecule has 0 fully saturated rings. The average Bonchev–Trinajstić information content (AvgIpc) is 2.85. The second-order valence-electron chi connectivity index (χ2n) is 6.36. The van der Waals surface area contributed by atoms with E-state index in [1.165, 1.54) is 0 Å². The minimum absolute atomic E-state index is 0.166. The lowest BCUT2D eigenvalue weighted by molar-refractivity contribution is 0.223. The molecular formula is C26H29NO. The lowest BCUT2D eigenvalue weighted by Gasteiger charge is -2.18. The maximum absolute atomic E-state index is 8.29. The van der Waals surface area contributed by atoms with Gasteiger partial charge in [0.05, 0.1) is 6.85 Å². The smallest absolute Gasteiger partial charge is 0.119 e. The van der Waals surface area contributed by atoms with Crippen molar-refractivity contribution in [3.8, 4) is 5.75 Å². The molecule has 0 N–H and O–H groups in total. The monoisotopic (exact) mass is 376 g/mol. The van der Waals surface area contributed by atoms with Crippen molar-refractivity contribution in [3.63, 3.8) is 0 Å². The zero-order valence-corrected chi connectivity index (χ0v) is 16.5. The van der Waals surface area contributed by atoms with Crippen LogP contribution in [0.3, 0.4) is 0 Å². The molecule has 3 aromatic rings. The molecule has 0 spiro atoms. The van der Waals surface area contributed by atoms with Gasteiger partial charge in [-0.05, 0) is 53.6 Å². The van der Waals surface area contributed by atoms with E-state index in [4.69, 9.17) is 11.6 Å². The van der Waals surface area contributed by atoms with Gasteiger partial charge >= 0.3 is 0 Å². The van der Waals surface area contributed by atoms with E-state index in [1.807, 2.05) is 54.6 Å². The number of likely N-dealkylation sites (N-methyl/N-ethyl adjacent to an activating group) is 1. The molecule has 0 amide bonds. The Morgan fingerprint density at radius 2 is 1.54 bits per heavy atom. The molecule has 0 saturated heterocycles. The number of benzene rings is 3. The predicted molar refractivity (Wildman–Crippen MR) is 120 cm³/mol. The predicted octanol–water partition coefficient (Wildman–Crippen LogP) is 6.00. The Labute approximate surface area is 176 Å². The van der Waals surface area contributed by atoms with Crippen molar-refractivity contribution < 1.29 is 11.6 Å². The summed E-state index contributed by atoms with van der Waals surface area (Å²) >= 11 is 0. The maximum Gasteiger partial charge on any atom is 0.119 e. The molecule has 0 atom stereocenters. The highest BCUT2D eigenvalue weighted by atomic mass is 16.5. The van der Waals surface area contributed by atoms with Crippen molar-refractivity contribution in [1.29, 1.82) is 0 Å². The van der Waals surface area contributed by atoms with Gasteiger partial charge in [-0.15, -0.1) is 0 Å². The Kier molecular flexibility index (Phi) is 5.32. The van der Waals surface area contributed by atoms with Gasteiger partial charge in [-0.25, -0.2) is 0 Å². The topological polar surface area (TPSA) is 12.5 Å². The molecule has 0 aliphatic heterocycles. The van der Waals surface area contributed by atoms with Crippen molar-refractivity contribution in [1.82, 2.24) is 4.90 Å². The molecule has 0 unspecified atom stereocenters. The van der Waals surface area contributed by atoms with Crippen LogP contribution < -0.4 is 4.74 Å². The minimum Gasteiger partial charge on any atom is -0.492 e. The van der Waals surface area contributed by atoms with Gasteiger partial charge in [0.15, 0.2) is 0 Å². The third-order valence-corrected chi connectivity index (χ3v) is 4.63. The molecule has 28 heavy (non-hydrogen) atoms. The summed E-state index contributed by atoms with van der Waals surface area (Å²) < 4.78 is 46.3. The molecular weight excluding hydrogens is 342 g/mol. The Balaban J connectivity index is 1.97. The van der Waals surface area contributed by atoms with Crippen LogP contribution in [-0.4, -0.2) is 31.1 Å². The van der Waals surface area contributed by atoms with Crippen LogP contribution in [0.1, 0.15) is 37.4 Å². The van der Waals surface area contributed by atoms with Crippen molar-refractivity contribution >= 4 is 11.6 Å². The number of hydrogen-bond acceptors (Lipinski definition) is 2. The van der Waals surface area contributed by atoms with Gasteiger partial charge < -0.3 is 9.64 Å². The first-order valence-corrected chi connectivity index (χ1v) is 9.67. The van der Waals surface area contributed by atoms with Gasteiger partial charge in [-0.3, -0.25) is 0 Å². The minimum atomic E-state index is -0.394. The molecule has 2 nitrogen and oxygen atoms in total. The summed E-state index contributed by atoms with van der Waals surface area (Å²) in [6.07, 6.45) is 1.67. The van der Waals surface area contributed by atoms with Crippen LogP contribution in [0, 0.1) is 0 Å². The zero-order valence-electron chi connectivity index (χ0n) is 21.5. The molecule has 0 aromatic heterocycles. The van der Waals surface area contributed by atoms with E-state index in [1.54, 1.807) is 6.08 Å². The van der Waals surface area contributed by atoms with Gasteiger partial charge in [0, 0.05) is 6.54 Å². The third-order valence-electron chi connectivity index (χ3n) is 4.63. The SMILES string of the molecule is [2H]c1c([2H])c([2H])c(/C=C(/c2ccccc2)c2ccc(OCCN(CC)CC)cc2)c([2H])c1[2H]. The van der Waals surface area contributed by atoms with Crippen LogP contribution in [0.5, 0.6) is 5.75 Å². The molecule has 0 bridgehead atoms. The highest BCUT2D eigenvalue weighted by molar-refractivity contribution is 5.91. The molecule has 0 saturated carbocycles. The second kappa shape index (κ2) is 10.5. The summed E-state index contributed by atoms with van der Waals surface area (Å²) in [5.74, 6) is 0.765. The van der Waals surface area contributed by atoms with Crippen LogP contribution in [0.15, 0.2) is 84.8 Å². The standard InChI is InChI=1S/C26H29NO/c1-3-27(4-2)19-20-28-25-17-15-24(16-18-25)26(23-13-9-6-10-14-23)21-22-11-7-5-8-12-22/h5-18,21H,3-4,19-20H2,1-2H3/b26-21-/i5D,7D,8D,11D,12D. The second-order valence-corrected chi connectivity index (χ2v) is 6.36. The van der Waals surface area contributed by atoms with E-state index in [2.05, 4.69) is 18.7 Å². The van der Waals surface area contributed by atoms with Crippen molar-refractivity contribution in [2.45, 2.75) is 13.8 Å². The summed E-state index contributed by atoms with van der Waals surface area (Å²) in [6, 6.07) is 15.8. The van der Waals surface area contributed by atoms with E-state index in [-0.39, 0.29) is 29.7 Å². The molecule has 0 heterocycles. The molecule has 144 valence electrons. The van der Waals surface area contributed by atoms with Gasteiger partial charge in [-0.2, -0.15) is 0 Å². The molecule has 2 heteroatoms. The molecule has 0 aliphatic carbocycles. The summed E-state index contributed by atoms with van der Waals surface area (Å²) in [5.41, 5.74) is 2.69. The van der Waals surface area contributed by atoms with Gasteiger partial charge in [0.1, 0.15) is 12.4 Å².